The average Bonchev–Trinajstić information content (AvgIpc) is 2.55. The molecule has 3 rings (SSSR count). The van der Waals surface area contributed by atoms with Crippen LogP contribution in [0.3, 0.4) is 0 Å². The van der Waals surface area contributed by atoms with Gasteiger partial charge in [0.05, 0.1) is 22.9 Å². The highest BCUT2D eigenvalue weighted by Crippen LogP contribution is 2.28. The van der Waals surface area contributed by atoms with Gasteiger partial charge in [0.25, 0.3) is 0 Å². The van der Waals surface area contributed by atoms with E-state index in [1.165, 1.54) is 10.9 Å². The minimum absolute atomic E-state index is 0.304. The summed E-state index contributed by atoms with van der Waals surface area (Å²) < 4.78 is 0. The highest BCUT2D eigenvalue weighted by Gasteiger charge is 2.15. The van der Waals surface area contributed by atoms with Crippen molar-refractivity contribution in [2.24, 2.45) is 5.92 Å². The zero-order valence-corrected chi connectivity index (χ0v) is 14.1. The number of para-hydroxylation sites is 1. The van der Waals surface area contributed by atoms with Crippen molar-refractivity contribution in [3.8, 4) is 0 Å². The molecule has 1 atom stereocenters. The van der Waals surface area contributed by atoms with Crippen LogP contribution in [0.5, 0.6) is 0 Å². The number of fused-ring (bicyclic) bond motifs is 1. The average molecular weight is 304 g/mol. The van der Waals surface area contributed by atoms with Crippen molar-refractivity contribution in [2.75, 3.05) is 5.32 Å². The van der Waals surface area contributed by atoms with Crippen LogP contribution in [-0.4, -0.2) is 4.98 Å². The number of nitrogens with one attached hydrogen (secondary N) is 1. The first kappa shape index (κ1) is 15.5. The Morgan fingerprint density at radius 2 is 1.65 bits per heavy atom. The van der Waals surface area contributed by atoms with Crippen molar-refractivity contribution in [3.63, 3.8) is 0 Å². The molecule has 0 radical (unpaired) electrons. The minimum atomic E-state index is 0.304. The molecule has 0 amide bonds. The van der Waals surface area contributed by atoms with Crippen LogP contribution in [0.1, 0.15) is 37.6 Å². The van der Waals surface area contributed by atoms with Crippen LogP contribution in [0.2, 0.25) is 0 Å². The Morgan fingerprint density at radius 3 is 2.39 bits per heavy atom. The number of aryl methyl sites for hydroxylation is 1. The molecule has 2 nitrogen and oxygen atoms in total. The number of hydrogen-bond acceptors (Lipinski definition) is 2. The predicted octanol–water partition coefficient (Wildman–Crippen LogP) is 5.74. The van der Waals surface area contributed by atoms with Crippen LogP contribution in [0.25, 0.3) is 10.9 Å². The molecule has 0 aliphatic rings. The first-order valence-corrected chi connectivity index (χ1v) is 8.31. The van der Waals surface area contributed by atoms with Crippen LogP contribution < -0.4 is 5.32 Å². The molecule has 3 aromatic rings. The van der Waals surface area contributed by atoms with Gasteiger partial charge in [-0.1, -0.05) is 62.4 Å². The molecular weight excluding hydrogens is 280 g/mol. The number of aromatic nitrogens is 1. The lowest BCUT2D eigenvalue weighted by Gasteiger charge is -2.23. The maximum absolute atomic E-state index is 4.74. The summed E-state index contributed by atoms with van der Waals surface area (Å²) in [6.45, 7) is 6.61. The maximum Gasteiger partial charge on any atom is 0.0706 e. The molecule has 1 heterocycles. The van der Waals surface area contributed by atoms with E-state index in [9.17, 15) is 0 Å². The van der Waals surface area contributed by atoms with E-state index in [4.69, 9.17) is 4.98 Å². The molecule has 0 fully saturated rings. The van der Waals surface area contributed by atoms with Crippen LogP contribution in [0, 0.1) is 12.8 Å². The summed E-state index contributed by atoms with van der Waals surface area (Å²) in [6, 6.07) is 21.5. The van der Waals surface area contributed by atoms with Gasteiger partial charge in [0.2, 0.25) is 0 Å². The van der Waals surface area contributed by atoms with Gasteiger partial charge in [-0.15, -0.1) is 0 Å². The van der Waals surface area contributed by atoms with Crippen molar-refractivity contribution < 1.29 is 0 Å². The molecule has 0 aliphatic heterocycles. The summed E-state index contributed by atoms with van der Waals surface area (Å²) in [5, 5.41) is 4.90. The summed E-state index contributed by atoms with van der Waals surface area (Å²) in [4.78, 5) is 4.74. The van der Waals surface area contributed by atoms with Crippen molar-refractivity contribution in [1.82, 2.24) is 4.98 Å². The second kappa shape index (κ2) is 6.82. The molecule has 0 aliphatic carbocycles. The summed E-state index contributed by atoms with van der Waals surface area (Å²) in [7, 11) is 0. The van der Waals surface area contributed by atoms with Gasteiger partial charge in [-0.05, 0) is 37.0 Å². The molecule has 0 saturated carbocycles. The number of rotatable bonds is 5. The van der Waals surface area contributed by atoms with Gasteiger partial charge >= 0.3 is 0 Å². The van der Waals surface area contributed by atoms with Crippen LogP contribution in [0.4, 0.5) is 5.69 Å². The summed E-state index contributed by atoms with van der Waals surface area (Å²) >= 11 is 0. The highest BCUT2D eigenvalue weighted by molar-refractivity contribution is 5.82. The van der Waals surface area contributed by atoms with Gasteiger partial charge in [0.15, 0.2) is 0 Å². The molecule has 1 aromatic heterocycles. The number of nitrogens with zero attached hydrogens (tertiary/aromatic N) is 1. The van der Waals surface area contributed by atoms with E-state index in [1.807, 2.05) is 6.07 Å². The number of anilines is 1. The maximum atomic E-state index is 4.74. The lowest BCUT2D eigenvalue weighted by molar-refractivity contribution is 0.531. The molecule has 2 heteroatoms. The van der Waals surface area contributed by atoms with Crippen LogP contribution >= 0.6 is 0 Å². The molecule has 0 spiro atoms. The van der Waals surface area contributed by atoms with E-state index >= 15 is 0 Å². The second-order valence-corrected chi connectivity index (χ2v) is 6.55. The number of pyridine rings is 1. The topological polar surface area (TPSA) is 24.9 Å². The van der Waals surface area contributed by atoms with Gasteiger partial charge in [0.1, 0.15) is 0 Å². The van der Waals surface area contributed by atoms with E-state index in [2.05, 4.69) is 80.7 Å². The normalized spacial score (nSPS) is 12.5. The molecule has 0 bridgehead atoms. The molecule has 0 saturated heterocycles. The molecule has 1 unspecified atom stereocenters. The van der Waals surface area contributed by atoms with Gasteiger partial charge in [-0.2, -0.15) is 0 Å². The SMILES string of the molecule is Cc1nc2ccccc2cc1NC(CC(C)C)c1ccccc1. The zero-order chi connectivity index (χ0) is 16.2. The van der Waals surface area contributed by atoms with E-state index in [-0.39, 0.29) is 0 Å². The van der Waals surface area contributed by atoms with Crippen molar-refractivity contribution in [1.29, 1.82) is 0 Å². The van der Waals surface area contributed by atoms with Gasteiger partial charge in [-0.25, -0.2) is 0 Å². The fourth-order valence-corrected chi connectivity index (χ4v) is 2.98. The van der Waals surface area contributed by atoms with E-state index in [0.29, 0.717) is 12.0 Å². The molecule has 118 valence electrons. The molecular formula is C21H24N2. The van der Waals surface area contributed by atoms with Gasteiger partial charge in [-0.3, -0.25) is 4.98 Å². The van der Waals surface area contributed by atoms with E-state index < -0.39 is 0 Å². The minimum Gasteiger partial charge on any atom is -0.377 e. The van der Waals surface area contributed by atoms with Crippen molar-refractivity contribution in [2.45, 2.75) is 33.2 Å². The lowest BCUT2D eigenvalue weighted by Crippen LogP contribution is -2.14. The van der Waals surface area contributed by atoms with Gasteiger partial charge in [0, 0.05) is 5.39 Å². The Bertz CT molecular complexity index is 778. The third-order valence-electron chi connectivity index (χ3n) is 4.15. The van der Waals surface area contributed by atoms with Crippen LogP contribution in [0.15, 0.2) is 60.7 Å². The lowest BCUT2D eigenvalue weighted by atomic mass is 9.96. The van der Waals surface area contributed by atoms with E-state index in [1.54, 1.807) is 0 Å². The third kappa shape index (κ3) is 3.70. The Hall–Kier alpha value is -2.35. The monoisotopic (exact) mass is 304 g/mol. The Kier molecular flexibility index (Phi) is 4.61. The standard InChI is InChI=1S/C21H24N2/c1-15(2)13-21(17-9-5-4-6-10-17)23-20-14-18-11-7-8-12-19(18)22-16(20)3/h4-12,14-15,21,23H,13H2,1-3H3. The molecule has 1 N–H and O–H groups in total. The van der Waals surface area contributed by atoms with Crippen molar-refractivity contribution in [3.05, 3.63) is 71.9 Å². The van der Waals surface area contributed by atoms with E-state index in [0.717, 1.165) is 23.3 Å². The Labute approximate surface area is 138 Å². The third-order valence-corrected chi connectivity index (χ3v) is 4.15. The largest absolute Gasteiger partial charge is 0.377 e. The molecule has 2 aromatic carbocycles. The number of hydrogen-bond donors (Lipinski definition) is 1. The summed E-state index contributed by atoms with van der Waals surface area (Å²) in [5.41, 5.74) is 4.55. The Balaban J connectivity index is 1.94. The quantitative estimate of drug-likeness (QED) is 0.650. The first-order valence-electron chi connectivity index (χ1n) is 8.31. The smallest absolute Gasteiger partial charge is 0.0706 e. The fourth-order valence-electron chi connectivity index (χ4n) is 2.98. The summed E-state index contributed by atoms with van der Waals surface area (Å²) in [6.07, 6.45) is 1.09. The fraction of sp³-hybridized carbons (Fsp3) is 0.286. The first-order chi connectivity index (χ1) is 11.1. The highest BCUT2D eigenvalue weighted by atomic mass is 14.9. The Morgan fingerprint density at radius 1 is 0.957 bits per heavy atom. The number of benzene rings is 2. The zero-order valence-electron chi connectivity index (χ0n) is 14.1. The second-order valence-electron chi connectivity index (χ2n) is 6.55. The predicted molar refractivity (Wildman–Crippen MR) is 98.7 cm³/mol. The summed E-state index contributed by atoms with van der Waals surface area (Å²) in [5.74, 6) is 0.626. The van der Waals surface area contributed by atoms with Gasteiger partial charge < -0.3 is 5.32 Å². The van der Waals surface area contributed by atoms with Crippen molar-refractivity contribution >= 4 is 16.6 Å². The molecule has 23 heavy (non-hydrogen) atoms. The van der Waals surface area contributed by atoms with Crippen LogP contribution in [-0.2, 0) is 0 Å².